The van der Waals surface area contributed by atoms with Gasteiger partial charge in [0.1, 0.15) is 12.3 Å². The summed E-state index contributed by atoms with van der Waals surface area (Å²) in [5, 5.41) is 3.12. The average molecular weight is 236 g/mol. The Balaban J connectivity index is 1.92. The molecule has 5 nitrogen and oxygen atoms in total. The molecule has 0 aliphatic heterocycles. The van der Waals surface area contributed by atoms with Crippen molar-refractivity contribution in [2.75, 3.05) is 0 Å². The third-order valence-electron chi connectivity index (χ3n) is 2.61. The standard InChI is InChI=1S/C12H20N4O/c1-12(2,3)9-6-14-10(17-9)7-15-11(13)16-8-4-5-8/h6,8H,4-5,7H2,1-3H3,(H3,13,15,16). The smallest absolute Gasteiger partial charge is 0.216 e. The largest absolute Gasteiger partial charge is 0.443 e. The molecule has 17 heavy (non-hydrogen) atoms. The molecular formula is C12H20N4O. The zero-order valence-corrected chi connectivity index (χ0v) is 10.7. The molecule has 0 bridgehead atoms. The fourth-order valence-corrected chi connectivity index (χ4v) is 1.37. The number of rotatable bonds is 3. The minimum Gasteiger partial charge on any atom is -0.443 e. The van der Waals surface area contributed by atoms with Crippen LogP contribution < -0.4 is 11.1 Å². The highest BCUT2D eigenvalue weighted by Gasteiger charge is 2.21. The number of aromatic nitrogens is 1. The molecule has 0 radical (unpaired) electrons. The van der Waals surface area contributed by atoms with E-state index in [0.29, 0.717) is 24.4 Å². The molecule has 2 rings (SSSR count). The third-order valence-corrected chi connectivity index (χ3v) is 2.61. The zero-order valence-electron chi connectivity index (χ0n) is 10.7. The zero-order chi connectivity index (χ0) is 12.5. The van der Waals surface area contributed by atoms with Crippen molar-refractivity contribution in [3.63, 3.8) is 0 Å². The van der Waals surface area contributed by atoms with Gasteiger partial charge in [-0.1, -0.05) is 20.8 Å². The van der Waals surface area contributed by atoms with E-state index in [-0.39, 0.29) is 5.41 Å². The van der Waals surface area contributed by atoms with Crippen molar-refractivity contribution in [1.82, 2.24) is 10.3 Å². The Bertz CT molecular complexity index is 412. The van der Waals surface area contributed by atoms with E-state index >= 15 is 0 Å². The molecule has 0 atom stereocenters. The Morgan fingerprint density at radius 2 is 2.29 bits per heavy atom. The molecule has 3 N–H and O–H groups in total. The van der Waals surface area contributed by atoms with Crippen LogP contribution in [-0.4, -0.2) is 17.0 Å². The van der Waals surface area contributed by atoms with Crippen molar-refractivity contribution in [2.45, 2.75) is 51.6 Å². The SMILES string of the molecule is CC(C)(C)c1cnc(CN=C(N)NC2CC2)o1. The molecule has 94 valence electrons. The van der Waals surface area contributed by atoms with Crippen LogP contribution in [0.5, 0.6) is 0 Å². The van der Waals surface area contributed by atoms with Gasteiger partial charge in [-0.15, -0.1) is 0 Å². The molecule has 1 aromatic rings. The molecule has 5 heteroatoms. The molecule has 1 heterocycles. The molecule has 0 saturated heterocycles. The number of oxazole rings is 1. The highest BCUT2D eigenvalue weighted by Crippen LogP contribution is 2.22. The lowest BCUT2D eigenvalue weighted by Gasteiger charge is -2.12. The van der Waals surface area contributed by atoms with E-state index in [2.05, 4.69) is 36.1 Å². The fraction of sp³-hybridized carbons (Fsp3) is 0.667. The van der Waals surface area contributed by atoms with Crippen LogP contribution in [0.4, 0.5) is 0 Å². The van der Waals surface area contributed by atoms with Crippen LogP contribution in [-0.2, 0) is 12.0 Å². The first-order valence-electron chi connectivity index (χ1n) is 5.97. The van der Waals surface area contributed by atoms with Gasteiger partial charge in [0.2, 0.25) is 5.89 Å². The predicted octanol–water partition coefficient (Wildman–Crippen LogP) is 1.54. The third kappa shape index (κ3) is 3.47. The summed E-state index contributed by atoms with van der Waals surface area (Å²) in [6, 6.07) is 0.522. The van der Waals surface area contributed by atoms with Gasteiger partial charge in [-0.2, -0.15) is 0 Å². The first-order valence-corrected chi connectivity index (χ1v) is 5.97. The van der Waals surface area contributed by atoms with E-state index in [1.54, 1.807) is 6.20 Å². The van der Waals surface area contributed by atoms with E-state index in [1.165, 1.54) is 12.8 Å². The number of aliphatic imine (C=N–C) groups is 1. The van der Waals surface area contributed by atoms with Crippen LogP contribution in [0.25, 0.3) is 0 Å². The topological polar surface area (TPSA) is 76.4 Å². The van der Waals surface area contributed by atoms with Crippen molar-refractivity contribution in [3.05, 3.63) is 17.8 Å². The molecule has 0 unspecified atom stereocenters. The van der Waals surface area contributed by atoms with Crippen LogP contribution in [0.15, 0.2) is 15.6 Å². The second kappa shape index (κ2) is 4.39. The molecule has 0 amide bonds. The van der Waals surface area contributed by atoms with E-state index in [9.17, 15) is 0 Å². The summed E-state index contributed by atoms with van der Waals surface area (Å²) in [5.41, 5.74) is 5.70. The van der Waals surface area contributed by atoms with Gasteiger partial charge in [-0.05, 0) is 12.8 Å². The summed E-state index contributed by atoms with van der Waals surface area (Å²) < 4.78 is 5.62. The van der Waals surface area contributed by atoms with Gasteiger partial charge in [-0.25, -0.2) is 9.98 Å². The minimum atomic E-state index is -0.0211. The lowest BCUT2D eigenvalue weighted by Crippen LogP contribution is -2.33. The maximum absolute atomic E-state index is 5.72. The summed E-state index contributed by atoms with van der Waals surface area (Å²) in [7, 11) is 0. The Kier molecular flexibility index (Phi) is 3.09. The lowest BCUT2D eigenvalue weighted by molar-refractivity contribution is 0.383. The monoisotopic (exact) mass is 236 g/mol. The Morgan fingerprint density at radius 1 is 1.59 bits per heavy atom. The highest BCUT2D eigenvalue weighted by molar-refractivity contribution is 5.78. The molecule has 1 aliphatic rings. The van der Waals surface area contributed by atoms with Crippen molar-refractivity contribution in [3.8, 4) is 0 Å². The molecule has 1 aromatic heterocycles. The van der Waals surface area contributed by atoms with Gasteiger partial charge in [0, 0.05) is 11.5 Å². The molecule has 0 spiro atoms. The van der Waals surface area contributed by atoms with Crippen molar-refractivity contribution < 1.29 is 4.42 Å². The average Bonchev–Trinajstić information content (AvgIpc) is 2.90. The Morgan fingerprint density at radius 3 is 2.82 bits per heavy atom. The number of nitrogens with zero attached hydrogens (tertiary/aromatic N) is 2. The lowest BCUT2D eigenvalue weighted by atomic mass is 9.94. The van der Waals surface area contributed by atoms with Crippen molar-refractivity contribution in [2.24, 2.45) is 10.7 Å². The molecular weight excluding hydrogens is 216 g/mol. The molecule has 0 aromatic carbocycles. The maximum Gasteiger partial charge on any atom is 0.216 e. The summed E-state index contributed by atoms with van der Waals surface area (Å²) in [5.74, 6) is 1.95. The summed E-state index contributed by atoms with van der Waals surface area (Å²) in [6.07, 6.45) is 4.13. The van der Waals surface area contributed by atoms with E-state index < -0.39 is 0 Å². The summed E-state index contributed by atoms with van der Waals surface area (Å²) in [6.45, 7) is 6.65. The maximum atomic E-state index is 5.72. The van der Waals surface area contributed by atoms with Crippen LogP contribution in [0.3, 0.4) is 0 Å². The minimum absolute atomic E-state index is 0.0211. The first-order chi connectivity index (χ1) is 7.95. The van der Waals surface area contributed by atoms with Gasteiger partial charge in [0.05, 0.1) is 6.20 Å². The van der Waals surface area contributed by atoms with Crippen LogP contribution >= 0.6 is 0 Å². The Hall–Kier alpha value is -1.52. The summed E-state index contributed by atoms with van der Waals surface area (Å²) >= 11 is 0. The van der Waals surface area contributed by atoms with Crippen LogP contribution in [0.1, 0.15) is 45.3 Å². The number of hydrogen-bond acceptors (Lipinski definition) is 3. The van der Waals surface area contributed by atoms with Gasteiger partial charge in [0.25, 0.3) is 0 Å². The molecule has 1 aliphatic carbocycles. The number of nitrogens with two attached hydrogens (primary N) is 1. The van der Waals surface area contributed by atoms with Crippen molar-refractivity contribution >= 4 is 5.96 Å². The second-order valence-corrected chi connectivity index (χ2v) is 5.49. The Labute approximate surface area is 102 Å². The normalized spacial score (nSPS) is 17.2. The van der Waals surface area contributed by atoms with Crippen molar-refractivity contribution in [1.29, 1.82) is 0 Å². The van der Waals surface area contributed by atoms with E-state index in [0.717, 1.165) is 5.76 Å². The first kappa shape index (κ1) is 12.0. The van der Waals surface area contributed by atoms with Gasteiger partial charge >= 0.3 is 0 Å². The number of nitrogens with one attached hydrogen (secondary N) is 1. The quantitative estimate of drug-likeness (QED) is 0.616. The van der Waals surface area contributed by atoms with E-state index in [4.69, 9.17) is 10.2 Å². The second-order valence-electron chi connectivity index (χ2n) is 5.49. The number of hydrogen-bond donors (Lipinski definition) is 2. The van der Waals surface area contributed by atoms with Crippen LogP contribution in [0.2, 0.25) is 0 Å². The summed E-state index contributed by atoms with van der Waals surface area (Å²) in [4.78, 5) is 8.39. The molecule has 1 fully saturated rings. The van der Waals surface area contributed by atoms with Gasteiger partial charge < -0.3 is 15.5 Å². The van der Waals surface area contributed by atoms with Gasteiger partial charge in [0.15, 0.2) is 5.96 Å². The van der Waals surface area contributed by atoms with Crippen LogP contribution in [0, 0.1) is 0 Å². The fourth-order valence-electron chi connectivity index (χ4n) is 1.37. The van der Waals surface area contributed by atoms with Gasteiger partial charge in [-0.3, -0.25) is 0 Å². The van der Waals surface area contributed by atoms with E-state index in [1.807, 2.05) is 0 Å². The predicted molar refractivity (Wildman–Crippen MR) is 66.7 cm³/mol. The highest BCUT2D eigenvalue weighted by atomic mass is 16.4. The number of guanidine groups is 1. The molecule has 1 saturated carbocycles.